The van der Waals surface area contributed by atoms with Gasteiger partial charge in [-0.05, 0) is 63.4 Å². The third kappa shape index (κ3) is 3.71. The largest absolute Gasteiger partial charge is 0.340 e. The maximum Gasteiger partial charge on any atom is 0.244 e. The summed E-state index contributed by atoms with van der Waals surface area (Å²) in [4.78, 5) is 16.9. The Morgan fingerprint density at radius 2 is 1.69 bits per heavy atom. The van der Waals surface area contributed by atoms with Crippen LogP contribution in [0.3, 0.4) is 0 Å². The predicted octanol–water partition coefficient (Wildman–Crippen LogP) is 3.02. The molecule has 0 spiro atoms. The van der Waals surface area contributed by atoms with E-state index in [0.29, 0.717) is 43.4 Å². The molecule has 3 fully saturated rings. The van der Waals surface area contributed by atoms with E-state index in [4.69, 9.17) is 0 Å². The predicted molar refractivity (Wildman–Crippen MR) is 103 cm³/mol. The van der Waals surface area contributed by atoms with Gasteiger partial charge in [0.25, 0.3) is 0 Å². The summed E-state index contributed by atoms with van der Waals surface area (Å²) in [6.07, 6.45) is 5.84. The molecule has 144 valence electrons. The van der Waals surface area contributed by atoms with Crippen molar-refractivity contribution in [2.45, 2.75) is 50.8 Å². The summed E-state index contributed by atoms with van der Waals surface area (Å²) >= 11 is 1.52. The average molecular weight is 397 g/mol. The molecule has 0 N–H and O–H groups in total. The molecule has 2 aliphatic carbocycles. The molecule has 1 aliphatic heterocycles. The van der Waals surface area contributed by atoms with E-state index in [2.05, 4.69) is 0 Å². The van der Waals surface area contributed by atoms with Crippen molar-refractivity contribution in [2.24, 2.45) is 17.8 Å². The van der Waals surface area contributed by atoms with Crippen LogP contribution in [-0.2, 0) is 14.8 Å². The Balaban J connectivity index is 1.36. The van der Waals surface area contributed by atoms with E-state index in [9.17, 15) is 13.2 Å². The van der Waals surface area contributed by atoms with Crippen LogP contribution in [0.4, 0.5) is 0 Å². The summed E-state index contributed by atoms with van der Waals surface area (Å²) in [5, 5.41) is 0. The second kappa shape index (κ2) is 6.91. The van der Waals surface area contributed by atoms with Crippen molar-refractivity contribution in [2.75, 3.05) is 26.2 Å². The fraction of sp³-hybridized carbons (Fsp3) is 0.737. The highest BCUT2D eigenvalue weighted by Crippen LogP contribution is 2.50. The van der Waals surface area contributed by atoms with Gasteiger partial charge in [0, 0.05) is 42.4 Å². The van der Waals surface area contributed by atoms with E-state index in [1.807, 2.05) is 18.7 Å². The molecule has 1 amide bonds. The Morgan fingerprint density at radius 1 is 1.12 bits per heavy atom. The Kier molecular flexibility index (Phi) is 4.90. The number of rotatable bonds is 6. The lowest BCUT2D eigenvalue weighted by molar-refractivity contribution is -0.133. The van der Waals surface area contributed by atoms with Crippen LogP contribution in [0.2, 0.25) is 0 Å². The second-order valence-corrected chi connectivity index (χ2v) is 11.5. The van der Waals surface area contributed by atoms with Gasteiger partial charge in [0.1, 0.15) is 0 Å². The highest BCUT2D eigenvalue weighted by molar-refractivity contribution is 7.89. The van der Waals surface area contributed by atoms with Gasteiger partial charge in [-0.3, -0.25) is 4.79 Å². The molecule has 2 saturated carbocycles. The van der Waals surface area contributed by atoms with Crippen LogP contribution in [0, 0.1) is 31.6 Å². The van der Waals surface area contributed by atoms with Crippen molar-refractivity contribution in [3.05, 3.63) is 15.8 Å². The summed E-state index contributed by atoms with van der Waals surface area (Å²) in [6, 6.07) is 1.77. The molecule has 0 aromatic carbocycles. The zero-order valence-electron chi connectivity index (χ0n) is 15.6. The molecule has 0 atom stereocenters. The summed E-state index contributed by atoms with van der Waals surface area (Å²) in [5.41, 5.74) is 0. The molecule has 3 aliphatic rings. The number of aryl methyl sites for hydroxylation is 2. The number of carbonyl (C=O) groups is 1. The third-order valence-corrected chi connectivity index (χ3v) is 9.19. The number of sulfonamides is 1. The Hall–Kier alpha value is -0.920. The Bertz CT molecular complexity index is 774. The summed E-state index contributed by atoms with van der Waals surface area (Å²) in [6.45, 7) is 5.63. The molecule has 0 unspecified atom stereocenters. The zero-order valence-corrected chi connectivity index (χ0v) is 17.2. The molecule has 1 aromatic rings. The van der Waals surface area contributed by atoms with Crippen LogP contribution < -0.4 is 0 Å². The first-order chi connectivity index (χ1) is 12.4. The lowest BCUT2D eigenvalue weighted by atomic mass is 9.93. The summed E-state index contributed by atoms with van der Waals surface area (Å²) in [7, 11) is -3.45. The van der Waals surface area contributed by atoms with Crippen molar-refractivity contribution in [3.63, 3.8) is 0 Å². The van der Waals surface area contributed by atoms with Crippen LogP contribution in [0.5, 0.6) is 0 Å². The number of hydrogen-bond donors (Lipinski definition) is 0. The van der Waals surface area contributed by atoms with E-state index in [1.165, 1.54) is 37.0 Å². The standard InChI is InChI=1S/C19H28N2O3S2/c1-13-11-18(14(2)25-13)26(23,24)21-9-7-20(8-10-21)19(22)12-17(15-3-4-15)16-5-6-16/h11,15-17H,3-10,12H2,1-2H3. The number of amides is 1. The normalized spacial score (nSPS) is 22.2. The quantitative estimate of drug-likeness (QED) is 0.743. The Morgan fingerprint density at radius 3 is 2.15 bits per heavy atom. The maximum atomic E-state index is 12.9. The van der Waals surface area contributed by atoms with Crippen LogP contribution >= 0.6 is 11.3 Å². The van der Waals surface area contributed by atoms with Crippen LogP contribution in [-0.4, -0.2) is 49.7 Å². The maximum absolute atomic E-state index is 12.9. The van der Waals surface area contributed by atoms with E-state index in [0.717, 1.165) is 21.6 Å². The molecule has 0 bridgehead atoms. The van der Waals surface area contributed by atoms with E-state index in [1.54, 1.807) is 10.4 Å². The molecular formula is C19H28N2O3S2. The number of nitrogens with zero attached hydrogens (tertiary/aromatic N) is 2. The molecule has 0 radical (unpaired) electrons. The molecule has 1 aromatic heterocycles. The van der Waals surface area contributed by atoms with Gasteiger partial charge in [0.05, 0.1) is 4.90 Å². The number of thiophene rings is 1. The van der Waals surface area contributed by atoms with E-state index >= 15 is 0 Å². The average Bonchev–Trinajstić information content (AvgIpc) is 3.52. The van der Waals surface area contributed by atoms with Crippen LogP contribution in [0.1, 0.15) is 41.9 Å². The van der Waals surface area contributed by atoms with Crippen molar-refractivity contribution in [1.29, 1.82) is 0 Å². The van der Waals surface area contributed by atoms with Gasteiger partial charge < -0.3 is 4.90 Å². The smallest absolute Gasteiger partial charge is 0.244 e. The topological polar surface area (TPSA) is 57.7 Å². The number of carbonyl (C=O) groups excluding carboxylic acids is 1. The fourth-order valence-electron chi connectivity index (χ4n) is 4.28. The van der Waals surface area contributed by atoms with Crippen molar-refractivity contribution < 1.29 is 13.2 Å². The zero-order chi connectivity index (χ0) is 18.5. The number of piperazine rings is 1. The van der Waals surface area contributed by atoms with Gasteiger partial charge in [0.2, 0.25) is 15.9 Å². The monoisotopic (exact) mass is 396 g/mol. The van der Waals surface area contributed by atoms with Crippen molar-refractivity contribution in [3.8, 4) is 0 Å². The molecule has 5 nitrogen and oxygen atoms in total. The van der Waals surface area contributed by atoms with Crippen molar-refractivity contribution >= 4 is 27.3 Å². The van der Waals surface area contributed by atoms with Gasteiger partial charge in [-0.2, -0.15) is 4.31 Å². The highest BCUT2D eigenvalue weighted by atomic mass is 32.2. The van der Waals surface area contributed by atoms with Gasteiger partial charge >= 0.3 is 0 Å². The molecule has 4 rings (SSSR count). The lowest BCUT2D eigenvalue weighted by Gasteiger charge is -2.34. The van der Waals surface area contributed by atoms with Crippen molar-refractivity contribution in [1.82, 2.24) is 9.21 Å². The second-order valence-electron chi connectivity index (χ2n) is 8.11. The minimum absolute atomic E-state index is 0.230. The molecule has 26 heavy (non-hydrogen) atoms. The summed E-state index contributed by atoms with van der Waals surface area (Å²) < 4.78 is 27.3. The number of hydrogen-bond acceptors (Lipinski definition) is 4. The minimum atomic E-state index is -3.45. The molecule has 2 heterocycles. The highest BCUT2D eigenvalue weighted by Gasteiger charge is 2.43. The van der Waals surface area contributed by atoms with Gasteiger partial charge in [-0.25, -0.2) is 8.42 Å². The van der Waals surface area contributed by atoms with Crippen LogP contribution in [0.25, 0.3) is 0 Å². The van der Waals surface area contributed by atoms with E-state index < -0.39 is 10.0 Å². The molecule has 1 saturated heterocycles. The van der Waals surface area contributed by atoms with Gasteiger partial charge in [0.15, 0.2) is 0 Å². The SMILES string of the molecule is Cc1cc(S(=O)(=O)N2CCN(C(=O)CC(C3CC3)C3CC3)CC2)c(C)s1. The first-order valence-electron chi connectivity index (χ1n) is 9.71. The first kappa shape index (κ1) is 18.4. The van der Waals surface area contributed by atoms with Gasteiger partial charge in [-0.1, -0.05) is 0 Å². The summed E-state index contributed by atoms with van der Waals surface area (Å²) in [5.74, 6) is 2.37. The lowest BCUT2D eigenvalue weighted by Crippen LogP contribution is -2.50. The fourth-order valence-corrected chi connectivity index (χ4v) is 7.22. The van der Waals surface area contributed by atoms with Gasteiger partial charge in [-0.15, -0.1) is 11.3 Å². The first-order valence-corrected chi connectivity index (χ1v) is 12.0. The molecule has 7 heteroatoms. The van der Waals surface area contributed by atoms with Crippen LogP contribution in [0.15, 0.2) is 11.0 Å². The van der Waals surface area contributed by atoms with E-state index in [-0.39, 0.29) is 5.91 Å². The Labute approximate surface area is 160 Å². The molecular weight excluding hydrogens is 368 g/mol. The minimum Gasteiger partial charge on any atom is -0.340 e. The third-order valence-electron chi connectivity index (χ3n) is 6.07.